The second kappa shape index (κ2) is 7.00. The largest absolute Gasteiger partial charge is 0.450 e. The van der Waals surface area contributed by atoms with Gasteiger partial charge in [0.05, 0.1) is 18.0 Å². The Balaban J connectivity index is 2.25. The highest BCUT2D eigenvalue weighted by atomic mass is 32.2. The lowest BCUT2D eigenvalue weighted by Gasteiger charge is -2.30. The van der Waals surface area contributed by atoms with E-state index in [0.29, 0.717) is 30.9 Å². The molecular weight excluding hydrogens is 304 g/mol. The molecule has 0 fully saturated rings. The minimum atomic E-state index is -3.27. The number of rotatable bonds is 5. The Morgan fingerprint density at radius 2 is 2.14 bits per heavy atom. The summed E-state index contributed by atoms with van der Waals surface area (Å²) in [6.07, 6.45) is 1.66. The van der Waals surface area contributed by atoms with E-state index in [1.165, 1.54) is 4.31 Å². The molecule has 0 saturated carbocycles. The van der Waals surface area contributed by atoms with E-state index in [4.69, 9.17) is 4.74 Å². The molecule has 1 aliphatic heterocycles. The van der Waals surface area contributed by atoms with Gasteiger partial charge in [-0.25, -0.2) is 13.2 Å². The van der Waals surface area contributed by atoms with E-state index in [9.17, 15) is 13.2 Å². The molecule has 0 unspecified atom stereocenters. The molecule has 0 radical (unpaired) electrons. The molecular formula is C15H22N2O4S. The minimum Gasteiger partial charge on any atom is -0.450 e. The van der Waals surface area contributed by atoms with E-state index in [2.05, 4.69) is 5.32 Å². The molecule has 2 rings (SSSR count). The molecule has 1 aromatic carbocycles. The van der Waals surface area contributed by atoms with E-state index >= 15 is 0 Å². The van der Waals surface area contributed by atoms with Crippen molar-refractivity contribution in [3.05, 3.63) is 23.8 Å². The summed E-state index contributed by atoms with van der Waals surface area (Å²) in [5.41, 5.74) is 2.27. The maximum absolute atomic E-state index is 12.3. The summed E-state index contributed by atoms with van der Waals surface area (Å²) in [4.78, 5) is 11.4. The second-order valence-electron chi connectivity index (χ2n) is 5.18. The predicted octanol–water partition coefficient (Wildman–Crippen LogP) is 2.75. The van der Waals surface area contributed by atoms with Crippen LogP contribution in [0.1, 0.15) is 32.3 Å². The predicted molar refractivity (Wildman–Crippen MR) is 86.8 cm³/mol. The summed E-state index contributed by atoms with van der Waals surface area (Å²) in [5, 5.41) is 2.64. The molecule has 1 aliphatic rings. The van der Waals surface area contributed by atoms with Crippen molar-refractivity contribution in [1.82, 2.24) is 0 Å². The zero-order valence-corrected chi connectivity index (χ0v) is 13.8. The Morgan fingerprint density at radius 1 is 1.36 bits per heavy atom. The van der Waals surface area contributed by atoms with E-state index in [-0.39, 0.29) is 5.75 Å². The average molecular weight is 326 g/mol. The number of fused-ring (bicyclic) bond motifs is 1. The van der Waals surface area contributed by atoms with Crippen LogP contribution < -0.4 is 9.62 Å². The van der Waals surface area contributed by atoms with Gasteiger partial charge in [-0.05, 0) is 49.9 Å². The van der Waals surface area contributed by atoms with Crippen molar-refractivity contribution in [2.24, 2.45) is 0 Å². The van der Waals surface area contributed by atoms with Crippen LogP contribution in [0.5, 0.6) is 0 Å². The molecule has 7 heteroatoms. The van der Waals surface area contributed by atoms with Gasteiger partial charge in [0.15, 0.2) is 0 Å². The first kappa shape index (κ1) is 16.6. The van der Waals surface area contributed by atoms with Gasteiger partial charge >= 0.3 is 6.09 Å². The van der Waals surface area contributed by atoms with Crippen LogP contribution >= 0.6 is 0 Å². The van der Waals surface area contributed by atoms with Crippen molar-refractivity contribution >= 4 is 27.5 Å². The number of amides is 1. The first-order valence-electron chi connectivity index (χ1n) is 7.55. The van der Waals surface area contributed by atoms with E-state index < -0.39 is 16.1 Å². The van der Waals surface area contributed by atoms with Crippen molar-refractivity contribution in [2.45, 2.75) is 33.1 Å². The van der Waals surface area contributed by atoms with E-state index in [1.54, 1.807) is 19.1 Å². The number of carbonyl (C=O) groups is 1. The topological polar surface area (TPSA) is 75.7 Å². The van der Waals surface area contributed by atoms with Crippen LogP contribution in [0.15, 0.2) is 18.2 Å². The van der Waals surface area contributed by atoms with Crippen molar-refractivity contribution in [3.8, 4) is 0 Å². The molecule has 6 nitrogen and oxygen atoms in total. The molecule has 1 heterocycles. The molecule has 0 aliphatic carbocycles. The SMILES string of the molecule is CCCS(=O)(=O)N1CCCc2cc(NC(=O)OCC)ccc21. The summed E-state index contributed by atoms with van der Waals surface area (Å²) in [5.74, 6) is 0.148. The number of hydrogen-bond donors (Lipinski definition) is 1. The fraction of sp³-hybridized carbons (Fsp3) is 0.533. The highest BCUT2D eigenvalue weighted by Crippen LogP contribution is 2.32. The van der Waals surface area contributed by atoms with Crippen LogP contribution in [0.4, 0.5) is 16.2 Å². The molecule has 1 aromatic rings. The van der Waals surface area contributed by atoms with Crippen molar-refractivity contribution in [2.75, 3.05) is 28.5 Å². The summed E-state index contributed by atoms with van der Waals surface area (Å²) >= 11 is 0. The third kappa shape index (κ3) is 3.71. The van der Waals surface area contributed by atoms with Crippen molar-refractivity contribution < 1.29 is 17.9 Å². The molecule has 0 atom stereocenters. The van der Waals surface area contributed by atoms with E-state index in [1.807, 2.05) is 13.0 Å². The number of benzene rings is 1. The first-order chi connectivity index (χ1) is 10.5. The molecule has 22 heavy (non-hydrogen) atoms. The van der Waals surface area contributed by atoms with Gasteiger partial charge in [0.2, 0.25) is 10.0 Å². The average Bonchev–Trinajstić information content (AvgIpc) is 2.46. The zero-order valence-electron chi connectivity index (χ0n) is 13.0. The number of anilines is 2. The summed E-state index contributed by atoms with van der Waals surface area (Å²) in [6, 6.07) is 5.28. The number of nitrogens with zero attached hydrogens (tertiary/aromatic N) is 1. The van der Waals surface area contributed by atoms with Crippen LogP contribution in [0.2, 0.25) is 0 Å². The maximum Gasteiger partial charge on any atom is 0.411 e. The Labute approximate surface area is 131 Å². The monoisotopic (exact) mass is 326 g/mol. The second-order valence-corrected chi connectivity index (χ2v) is 7.19. The molecule has 0 saturated heterocycles. The van der Waals surface area contributed by atoms with Gasteiger partial charge < -0.3 is 4.74 Å². The Kier molecular flexibility index (Phi) is 5.28. The van der Waals surface area contributed by atoms with Gasteiger partial charge in [0.25, 0.3) is 0 Å². The number of hydrogen-bond acceptors (Lipinski definition) is 4. The molecule has 1 amide bonds. The summed E-state index contributed by atoms with van der Waals surface area (Å²) in [6.45, 7) is 4.41. The van der Waals surface area contributed by atoms with Crippen LogP contribution in [0.3, 0.4) is 0 Å². The smallest absolute Gasteiger partial charge is 0.411 e. The third-order valence-electron chi connectivity index (χ3n) is 3.48. The van der Waals surface area contributed by atoms with Gasteiger partial charge in [-0.1, -0.05) is 6.92 Å². The minimum absolute atomic E-state index is 0.148. The molecule has 0 spiro atoms. The Morgan fingerprint density at radius 3 is 2.82 bits per heavy atom. The lowest BCUT2D eigenvalue weighted by molar-refractivity contribution is 0.168. The zero-order chi connectivity index (χ0) is 16.2. The van der Waals surface area contributed by atoms with Crippen LogP contribution in [0.25, 0.3) is 0 Å². The number of nitrogens with one attached hydrogen (secondary N) is 1. The number of aryl methyl sites for hydroxylation is 1. The van der Waals surface area contributed by atoms with Crippen LogP contribution in [-0.2, 0) is 21.2 Å². The lowest BCUT2D eigenvalue weighted by atomic mass is 10.0. The molecule has 0 bridgehead atoms. The molecule has 122 valence electrons. The number of carbonyl (C=O) groups excluding carboxylic acids is 1. The summed E-state index contributed by atoms with van der Waals surface area (Å²) in [7, 11) is -3.27. The molecule has 0 aromatic heterocycles. The third-order valence-corrected chi connectivity index (χ3v) is 5.45. The van der Waals surface area contributed by atoms with Gasteiger partial charge in [0.1, 0.15) is 0 Å². The van der Waals surface area contributed by atoms with Gasteiger partial charge in [-0.2, -0.15) is 0 Å². The molecule has 1 N–H and O–H groups in total. The van der Waals surface area contributed by atoms with Crippen molar-refractivity contribution in [1.29, 1.82) is 0 Å². The fourth-order valence-corrected chi connectivity index (χ4v) is 4.20. The van der Waals surface area contributed by atoms with Crippen LogP contribution in [0, 0.1) is 0 Å². The van der Waals surface area contributed by atoms with Gasteiger partial charge in [-0.3, -0.25) is 9.62 Å². The highest BCUT2D eigenvalue weighted by Gasteiger charge is 2.26. The van der Waals surface area contributed by atoms with Crippen LogP contribution in [-0.4, -0.2) is 33.4 Å². The number of sulfonamides is 1. The van der Waals surface area contributed by atoms with Gasteiger partial charge in [0, 0.05) is 12.2 Å². The standard InChI is InChI=1S/C15H22N2O4S/c1-3-10-22(19,20)17-9-5-6-12-11-13(7-8-14(12)17)16-15(18)21-4-2/h7-8,11H,3-6,9-10H2,1-2H3,(H,16,18). The van der Waals surface area contributed by atoms with Gasteiger partial charge in [-0.15, -0.1) is 0 Å². The highest BCUT2D eigenvalue weighted by molar-refractivity contribution is 7.92. The van der Waals surface area contributed by atoms with Crippen molar-refractivity contribution in [3.63, 3.8) is 0 Å². The van der Waals surface area contributed by atoms with E-state index in [0.717, 1.165) is 18.4 Å². The first-order valence-corrected chi connectivity index (χ1v) is 9.16. The maximum atomic E-state index is 12.3. The normalized spacial score (nSPS) is 14.4. The lowest BCUT2D eigenvalue weighted by Crippen LogP contribution is -2.37. The Bertz CT molecular complexity index is 643. The fourth-order valence-electron chi connectivity index (χ4n) is 2.58. The Hall–Kier alpha value is -1.76. The quantitative estimate of drug-likeness (QED) is 0.902. The summed E-state index contributed by atoms with van der Waals surface area (Å²) < 4.78 is 31.0. The number of ether oxygens (including phenoxy) is 1.